The molecule has 28 heavy (non-hydrogen) atoms. The molecule has 5 rings (SSSR count). The number of fused-ring (bicyclic) bond motifs is 2. The van der Waals surface area contributed by atoms with Crippen LogP contribution in [0.15, 0.2) is 91.0 Å². The normalized spacial score (nSPS) is 11.0. The van der Waals surface area contributed by atoms with E-state index >= 15 is 0 Å². The number of hydrogen-bond donors (Lipinski definition) is 0. The van der Waals surface area contributed by atoms with Gasteiger partial charge in [-0.1, -0.05) is 78.9 Å². The molecule has 0 aliphatic carbocycles. The van der Waals surface area contributed by atoms with Crippen LogP contribution in [0.4, 0.5) is 0 Å². The van der Waals surface area contributed by atoms with Gasteiger partial charge in [-0.15, -0.1) is 10.2 Å². The van der Waals surface area contributed by atoms with E-state index in [4.69, 9.17) is 0 Å². The molecular weight excluding hydrogens is 346 g/mol. The van der Waals surface area contributed by atoms with Crippen LogP contribution in [0.25, 0.3) is 33.2 Å². The number of nitrogens with zero attached hydrogens (tertiary/aromatic N) is 3. The monoisotopic (exact) mass is 361 g/mol. The van der Waals surface area contributed by atoms with Gasteiger partial charge in [0.2, 0.25) is 0 Å². The summed E-state index contributed by atoms with van der Waals surface area (Å²) in [5, 5.41) is 10.5. The average molecular weight is 361 g/mol. The van der Waals surface area contributed by atoms with Gasteiger partial charge in [-0.2, -0.15) is 0 Å². The second-order valence-electron chi connectivity index (χ2n) is 6.53. The first kappa shape index (κ1) is 16.3. The molecule has 132 valence electrons. The molecule has 0 atom stereocenters. The lowest BCUT2D eigenvalue weighted by atomic mass is 9.94. The van der Waals surface area contributed by atoms with E-state index in [1.807, 2.05) is 91.0 Å². The van der Waals surface area contributed by atoms with Gasteiger partial charge in [0.25, 0.3) is 0 Å². The Morgan fingerprint density at radius 1 is 0.607 bits per heavy atom. The third kappa shape index (κ3) is 2.72. The Labute approximate surface area is 161 Å². The Kier molecular flexibility index (Phi) is 3.87. The molecule has 0 saturated carbocycles. The molecule has 0 saturated heterocycles. The van der Waals surface area contributed by atoms with E-state index in [9.17, 15) is 4.79 Å². The van der Waals surface area contributed by atoms with Crippen molar-refractivity contribution in [1.82, 2.24) is 15.2 Å². The summed E-state index contributed by atoms with van der Waals surface area (Å²) in [5.41, 5.74) is 3.39. The van der Waals surface area contributed by atoms with Crippen LogP contribution in [0.5, 0.6) is 0 Å². The van der Waals surface area contributed by atoms with E-state index in [0.717, 1.165) is 21.8 Å². The number of aromatic nitrogens is 3. The molecule has 0 radical (unpaired) electrons. The first-order chi connectivity index (χ1) is 13.8. The summed E-state index contributed by atoms with van der Waals surface area (Å²) < 4.78 is 0. The van der Waals surface area contributed by atoms with Crippen LogP contribution in [0.3, 0.4) is 0 Å². The highest BCUT2D eigenvalue weighted by molar-refractivity contribution is 6.18. The average Bonchev–Trinajstić information content (AvgIpc) is 2.78. The molecule has 1 heterocycles. The Morgan fingerprint density at radius 2 is 1.29 bits per heavy atom. The molecule has 1 aromatic heterocycles. The van der Waals surface area contributed by atoms with Crippen molar-refractivity contribution in [3.8, 4) is 11.4 Å². The predicted molar refractivity (Wildman–Crippen MR) is 110 cm³/mol. The smallest absolute Gasteiger partial charge is 0.194 e. The fourth-order valence-corrected chi connectivity index (χ4v) is 3.44. The van der Waals surface area contributed by atoms with Gasteiger partial charge >= 0.3 is 0 Å². The fraction of sp³-hybridized carbons (Fsp3) is 0. The summed E-state index contributed by atoms with van der Waals surface area (Å²) >= 11 is 0. The van der Waals surface area contributed by atoms with Crippen molar-refractivity contribution in [3.63, 3.8) is 0 Å². The van der Waals surface area contributed by atoms with Crippen molar-refractivity contribution < 1.29 is 4.79 Å². The highest BCUT2D eigenvalue weighted by Gasteiger charge is 2.18. The summed E-state index contributed by atoms with van der Waals surface area (Å²) in [5.74, 6) is 0.395. The van der Waals surface area contributed by atoms with Gasteiger partial charge in [0, 0.05) is 16.7 Å². The number of carbonyl (C=O) groups is 1. The van der Waals surface area contributed by atoms with Gasteiger partial charge in [0.1, 0.15) is 5.52 Å². The molecule has 0 spiro atoms. The standard InChI is InChI=1S/C24H15N3O/c28-23(18-13-7-9-16-8-1-2-10-17(16)18)19-11-3-4-12-20(19)24-25-21-14-5-6-15-22(21)26-27-24/h1-15H. The topological polar surface area (TPSA) is 55.7 Å². The molecule has 0 amide bonds. The molecule has 0 N–H and O–H groups in total. The van der Waals surface area contributed by atoms with Crippen molar-refractivity contribution in [1.29, 1.82) is 0 Å². The molecule has 0 unspecified atom stereocenters. The maximum atomic E-state index is 13.4. The summed E-state index contributed by atoms with van der Waals surface area (Å²) in [6.45, 7) is 0. The second kappa shape index (κ2) is 6.67. The third-order valence-corrected chi connectivity index (χ3v) is 4.81. The lowest BCUT2D eigenvalue weighted by molar-refractivity contribution is 0.104. The highest BCUT2D eigenvalue weighted by atomic mass is 16.1. The summed E-state index contributed by atoms with van der Waals surface area (Å²) in [7, 11) is 0. The minimum Gasteiger partial charge on any atom is -0.289 e. The number of benzene rings is 4. The zero-order valence-corrected chi connectivity index (χ0v) is 14.9. The van der Waals surface area contributed by atoms with Crippen molar-refractivity contribution in [2.45, 2.75) is 0 Å². The van der Waals surface area contributed by atoms with E-state index in [1.54, 1.807) is 0 Å². The first-order valence-electron chi connectivity index (χ1n) is 9.02. The van der Waals surface area contributed by atoms with Crippen LogP contribution in [0.2, 0.25) is 0 Å². The number of ketones is 1. The van der Waals surface area contributed by atoms with E-state index in [-0.39, 0.29) is 5.78 Å². The predicted octanol–water partition coefficient (Wildman–Crippen LogP) is 5.08. The molecule has 0 fully saturated rings. The zero-order chi connectivity index (χ0) is 18.9. The molecule has 5 aromatic rings. The van der Waals surface area contributed by atoms with Crippen molar-refractivity contribution in [2.75, 3.05) is 0 Å². The van der Waals surface area contributed by atoms with Gasteiger partial charge in [-0.3, -0.25) is 4.79 Å². The van der Waals surface area contributed by atoms with E-state index in [1.165, 1.54) is 0 Å². The van der Waals surface area contributed by atoms with Crippen LogP contribution < -0.4 is 0 Å². The van der Waals surface area contributed by atoms with Gasteiger partial charge in [0.05, 0.1) is 5.52 Å². The quantitative estimate of drug-likeness (QED) is 0.421. The maximum Gasteiger partial charge on any atom is 0.194 e. The molecule has 0 aliphatic heterocycles. The minimum absolute atomic E-state index is 0.0517. The zero-order valence-electron chi connectivity index (χ0n) is 14.9. The lowest BCUT2D eigenvalue weighted by Crippen LogP contribution is -2.06. The molecule has 4 aromatic carbocycles. The van der Waals surface area contributed by atoms with Crippen LogP contribution in [-0.4, -0.2) is 21.0 Å². The van der Waals surface area contributed by atoms with Crippen LogP contribution in [0, 0.1) is 0 Å². The van der Waals surface area contributed by atoms with Crippen molar-refractivity contribution >= 4 is 27.6 Å². The largest absolute Gasteiger partial charge is 0.289 e. The summed E-state index contributed by atoms with van der Waals surface area (Å²) in [4.78, 5) is 18.1. The Morgan fingerprint density at radius 3 is 2.21 bits per heavy atom. The second-order valence-corrected chi connectivity index (χ2v) is 6.53. The van der Waals surface area contributed by atoms with E-state index in [2.05, 4.69) is 15.2 Å². The molecule has 0 bridgehead atoms. The van der Waals surface area contributed by atoms with Crippen LogP contribution in [0.1, 0.15) is 15.9 Å². The first-order valence-corrected chi connectivity index (χ1v) is 9.02. The highest BCUT2D eigenvalue weighted by Crippen LogP contribution is 2.27. The van der Waals surface area contributed by atoms with Crippen LogP contribution >= 0.6 is 0 Å². The van der Waals surface area contributed by atoms with Crippen LogP contribution in [-0.2, 0) is 0 Å². The lowest BCUT2D eigenvalue weighted by Gasteiger charge is -2.10. The van der Waals surface area contributed by atoms with Gasteiger partial charge < -0.3 is 0 Å². The number of hydrogen-bond acceptors (Lipinski definition) is 4. The Bertz CT molecular complexity index is 1340. The van der Waals surface area contributed by atoms with E-state index < -0.39 is 0 Å². The summed E-state index contributed by atoms with van der Waals surface area (Å²) in [6.07, 6.45) is 0. The van der Waals surface area contributed by atoms with Gasteiger partial charge in [-0.05, 0) is 22.9 Å². The number of carbonyl (C=O) groups excluding carboxylic acids is 1. The summed E-state index contributed by atoms with van der Waals surface area (Å²) in [6, 6.07) is 28.7. The molecule has 4 nitrogen and oxygen atoms in total. The Balaban J connectivity index is 1.68. The number of para-hydroxylation sites is 1. The molecule has 4 heteroatoms. The van der Waals surface area contributed by atoms with E-state index in [0.29, 0.717) is 22.5 Å². The molecule has 0 aliphatic rings. The number of rotatable bonds is 3. The van der Waals surface area contributed by atoms with Crippen molar-refractivity contribution in [2.24, 2.45) is 0 Å². The molecular formula is C24H15N3O. The minimum atomic E-state index is -0.0517. The fourth-order valence-electron chi connectivity index (χ4n) is 3.44. The van der Waals surface area contributed by atoms with Crippen molar-refractivity contribution in [3.05, 3.63) is 102 Å². The SMILES string of the molecule is O=C(c1ccccc1-c1nnc2ccccc2n1)c1cccc2ccccc12. The maximum absolute atomic E-state index is 13.4. The third-order valence-electron chi connectivity index (χ3n) is 4.81. The van der Waals surface area contributed by atoms with Gasteiger partial charge in [-0.25, -0.2) is 4.98 Å². The van der Waals surface area contributed by atoms with Gasteiger partial charge in [0.15, 0.2) is 11.6 Å². The Hall–Kier alpha value is -3.92.